The SMILES string of the molecule is CNC(=O)[C@H](Cc1ccc(OC)cc1)NC(=O)[C@H](CC(C)C)N[C@H](CCCCNC(=O)[C@@H]1CCCN1C(C)=O)C(=O)OC. The van der Waals surface area contributed by atoms with Gasteiger partial charge in [0, 0.05) is 33.5 Å². The highest BCUT2D eigenvalue weighted by atomic mass is 16.5. The number of amides is 4. The molecule has 2 rings (SSSR count). The lowest BCUT2D eigenvalue weighted by atomic mass is 9.99. The summed E-state index contributed by atoms with van der Waals surface area (Å²) in [4.78, 5) is 64.8. The predicted octanol–water partition coefficient (Wildman–Crippen LogP) is 1.31. The standard InChI is InChI=1S/C31H49N5O7/c1-20(2)18-25(29(39)35-26(28(38)32-4)19-22-12-14-23(42-5)15-13-22)34-24(31(41)43-6)10-7-8-16-33-30(40)27-11-9-17-36(27)21(3)37/h12-15,20,24-27,34H,7-11,16-19H2,1-6H3,(H,32,38)(H,33,40)(H,35,39)/t24-,25+,26+,27+/m1/s1. The number of likely N-dealkylation sites (N-methyl/N-ethyl adjacent to an activating group) is 1. The van der Waals surface area contributed by atoms with Crippen molar-refractivity contribution in [3.63, 3.8) is 0 Å². The zero-order valence-corrected chi connectivity index (χ0v) is 26.4. The smallest absolute Gasteiger partial charge is 0.322 e. The molecule has 1 fully saturated rings. The molecule has 1 aliphatic rings. The summed E-state index contributed by atoms with van der Waals surface area (Å²) in [5, 5.41) is 11.6. The van der Waals surface area contributed by atoms with E-state index in [1.54, 1.807) is 24.1 Å². The molecule has 0 aliphatic carbocycles. The normalized spacial score (nSPS) is 16.6. The number of methoxy groups -OCH3 is 2. The topological polar surface area (TPSA) is 155 Å². The van der Waals surface area contributed by atoms with Gasteiger partial charge < -0.3 is 30.3 Å². The van der Waals surface area contributed by atoms with Crippen molar-refractivity contribution in [3.8, 4) is 5.75 Å². The minimum Gasteiger partial charge on any atom is -0.497 e. The van der Waals surface area contributed by atoms with Crippen LogP contribution in [0.3, 0.4) is 0 Å². The zero-order chi connectivity index (χ0) is 31.9. The first-order valence-electron chi connectivity index (χ1n) is 15.0. The number of nitrogens with one attached hydrogen (secondary N) is 4. The largest absolute Gasteiger partial charge is 0.497 e. The molecule has 1 heterocycles. The summed E-state index contributed by atoms with van der Waals surface area (Å²) in [6.07, 6.45) is 3.75. The van der Waals surface area contributed by atoms with Crippen LogP contribution in [0, 0.1) is 5.92 Å². The molecule has 240 valence electrons. The number of esters is 1. The lowest BCUT2D eigenvalue weighted by molar-refractivity contribution is -0.144. The van der Waals surface area contributed by atoms with Gasteiger partial charge in [-0.3, -0.25) is 29.3 Å². The summed E-state index contributed by atoms with van der Waals surface area (Å²) >= 11 is 0. The third-order valence-electron chi connectivity index (χ3n) is 7.57. The Balaban J connectivity index is 2.00. The summed E-state index contributed by atoms with van der Waals surface area (Å²) in [5.41, 5.74) is 0.851. The fourth-order valence-corrected chi connectivity index (χ4v) is 5.25. The van der Waals surface area contributed by atoms with Gasteiger partial charge in [0.15, 0.2) is 0 Å². The monoisotopic (exact) mass is 603 g/mol. The van der Waals surface area contributed by atoms with Gasteiger partial charge in [0.1, 0.15) is 23.9 Å². The number of hydrogen-bond donors (Lipinski definition) is 4. The van der Waals surface area contributed by atoms with Crippen molar-refractivity contribution < 1.29 is 33.4 Å². The summed E-state index contributed by atoms with van der Waals surface area (Å²) in [6.45, 7) is 6.42. The van der Waals surface area contributed by atoms with Gasteiger partial charge in [-0.15, -0.1) is 0 Å². The fourth-order valence-electron chi connectivity index (χ4n) is 5.25. The summed E-state index contributed by atoms with van der Waals surface area (Å²) in [6, 6.07) is 4.53. The maximum absolute atomic E-state index is 13.5. The van der Waals surface area contributed by atoms with Gasteiger partial charge in [-0.2, -0.15) is 0 Å². The van der Waals surface area contributed by atoms with Crippen LogP contribution in [-0.2, 0) is 35.1 Å². The molecule has 0 bridgehead atoms. The van der Waals surface area contributed by atoms with E-state index in [1.165, 1.54) is 21.1 Å². The lowest BCUT2D eigenvalue weighted by Crippen LogP contribution is -2.56. The van der Waals surface area contributed by atoms with Crippen molar-refractivity contribution >= 4 is 29.6 Å². The van der Waals surface area contributed by atoms with Crippen LogP contribution in [0.4, 0.5) is 0 Å². The Morgan fingerprint density at radius 3 is 2.26 bits per heavy atom. The van der Waals surface area contributed by atoms with Gasteiger partial charge in [-0.05, 0) is 62.1 Å². The number of benzene rings is 1. The Hall–Kier alpha value is -3.67. The molecule has 1 aromatic rings. The minimum atomic E-state index is -0.818. The second-order valence-electron chi connectivity index (χ2n) is 11.3. The average molecular weight is 604 g/mol. The van der Waals surface area contributed by atoms with E-state index in [2.05, 4.69) is 21.3 Å². The quantitative estimate of drug-likeness (QED) is 0.154. The number of nitrogens with zero attached hydrogens (tertiary/aromatic N) is 1. The molecule has 12 nitrogen and oxygen atoms in total. The Morgan fingerprint density at radius 1 is 0.977 bits per heavy atom. The molecular formula is C31H49N5O7. The van der Waals surface area contributed by atoms with E-state index < -0.39 is 30.1 Å². The van der Waals surface area contributed by atoms with Gasteiger partial charge in [-0.1, -0.05) is 26.0 Å². The van der Waals surface area contributed by atoms with E-state index in [9.17, 15) is 24.0 Å². The van der Waals surface area contributed by atoms with Crippen molar-refractivity contribution in [2.75, 3.05) is 34.4 Å². The highest BCUT2D eigenvalue weighted by molar-refractivity contribution is 5.90. The third kappa shape index (κ3) is 11.5. The molecule has 12 heteroatoms. The maximum Gasteiger partial charge on any atom is 0.322 e. The molecule has 0 spiro atoms. The molecule has 4 atom stereocenters. The molecule has 4 amide bonds. The first kappa shape index (κ1) is 35.5. The Labute approximate surface area is 255 Å². The molecule has 1 aliphatic heterocycles. The number of hydrogen-bond acceptors (Lipinski definition) is 8. The lowest BCUT2D eigenvalue weighted by Gasteiger charge is -2.27. The molecule has 0 unspecified atom stereocenters. The van der Waals surface area contributed by atoms with E-state index in [1.807, 2.05) is 26.0 Å². The van der Waals surface area contributed by atoms with Crippen LogP contribution >= 0.6 is 0 Å². The van der Waals surface area contributed by atoms with E-state index >= 15 is 0 Å². The van der Waals surface area contributed by atoms with Gasteiger partial charge in [0.05, 0.1) is 20.3 Å². The van der Waals surface area contributed by atoms with E-state index in [0.717, 1.165) is 12.0 Å². The number of carbonyl (C=O) groups is 5. The zero-order valence-electron chi connectivity index (χ0n) is 26.4. The van der Waals surface area contributed by atoms with Crippen molar-refractivity contribution in [2.24, 2.45) is 5.92 Å². The number of carbonyl (C=O) groups excluding carboxylic acids is 5. The summed E-state index contributed by atoms with van der Waals surface area (Å²) in [7, 11) is 4.39. The molecule has 43 heavy (non-hydrogen) atoms. The third-order valence-corrected chi connectivity index (χ3v) is 7.57. The summed E-state index contributed by atoms with van der Waals surface area (Å²) < 4.78 is 10.2. The highest BCUT2D eigenvalue weighted by Gasteiger charge is 2.32. The second-order valence-corrected chi connectivity index (χ2v) is 11.3. The van der Waals surface area contributed by atoms with Crippen LogP contribution in [0.2, 0.25) is 0 Å². The second kappa shape index (κ2) is 18.1. The van der Waals surface area contributed by atoms with Gasteiger partial charge in [-0.25, -0.2) is 0 Å². The van der Waals surface area contributed by atoms with Gasteiger partial charge in [0.25, 0.3) is 0 Å². The van der Waals surface area contributed by atoms with E-state index in [4.69, 9.17) is 9.47 Å². The van der Waals surface area contributed by atoms with Crippen LogP contribution in [-0.4, -0.2) is 93.0 Å². The Kier molecular flexibility index (Phi) is 15.0. The number of rotatable bonds is 17. The Bertz CT molecular complexity index is 1080. The van der Waals surface area contributed by atoms with Crippen molar-refractivity contribution in [3.05, 3.63) is 29.8 Å². The van der Waals surface area contributed by atoms with Crippen LogP contribution in [0.25, 0.3) is 0 Å². The van der Waals surface area contributed by atoms with Crippen LogP contribution < -0.4 is 26.0 Å². The average Bonchev–Trinajstić information content (AvgIpc) is 3.49. The van der Waals surface area contributed by atoms with Crippen molar-refractivity contribution in [1.29, 1.82) is 0 Å². The molecular weight excluding hydrogens is 554 g/mol. The molecule has 0 radical (unpaired) electrons. The Morgan fingerprint density at radius 2 is 1.67 bits per heavy atom. The molecule has 4 N–H and O–H groups in total. The molecule has 1 saturated heterocycles. The summed E-state index contributed by atoms with van der Waals surface area (Å²) in [5.74, 6) is -0.658. The number of unbranched alkanes of at least 4 members (excludes halogenated alkanes) is 1. The maximum atomic E-state index is 13.5. The highest BCUT2D eigenvalue weighted by Crippen LogP contribution is 2.18. The molecule has 0 aromatic heterocycles. The van der Waals surface area contributed by atoms with Crippen LogP contribution in [0.5, 0.6) is 5.75 Å². The molecule has 0 saturated carbocycles. The fraction of sp³-hybridized carbons (Fsp3) is 0.645. The van der Waals surface area contributed by atoms with E-state index in [0.29, 0.717) is 50.9 Å². The van der Waals surface area contributed by atoms with Crippen LogP contribution in [0.15, 0.2) is 24.3 Å². The van der Waals surface area contributed by atoms with Crippen molar-refractivity contribution in [2.45, 2.75) is 89.9 Å². The predicted molar refractivity (Wildman–Crippen MR) is 162 cm³/mol. The van der Waals surface area contributed by atoms with Crippen molar-refractivity contribution in [1.82, 2.24) is 26.2 Å². The number of likely N-dealkylation sites (tertiary alicyclic amines) is 1. The van der Waals surface area contributed by atoms with Crippen LogP contribution in [0.1, 0.15) is 64.9 Å². The number of ether oxygens (including phenoxy) is 2. The first-order chi connectivity index (χ1) is 20.5. The van der Waals surface area contributed by atoms with Gasteiger partial charge in [0.2, 0.25) is 23.6 Å². The molecule has 1 aromatic carbocycles. The van der Waals surface area contributed by atoms with Gasteiger partial charge >= 0.3 is 5.97 Å². The first-order valence-corrected chi connectivity index (χ1v) is 15.0. The van der Waals surface area contributed by atoms with E-state index in [-0.39, 0.29) is 36.0 Å². The minimum absolute atomic E-state index is 0.105.